The van der Waals surface area contributed by atoms with Crippen molar-refractivity contribution in [1.29, 1.82) is 0 Å². The van der Waals surface area contributed by atoms with Gasteiger partial charge in [0.15, 0.2) is 0 Å². The molecule has 1 aromatic carbocycles. The van der Waals surface area contributed by atoms with Crippen LogP contribution in [0, 0.1) is 0 Å². The fraction of sp³-hybridized carbons (Fsp3) is 0.562. The second-order valence-corrected chi connectivity index (χ2v) is 5.15. The lowest BCUT2D eigenvalue weighted by Crippen LogP contribution is -2.39. The Morgan fingerprint density at radius 2 is 1.89 bits per heavy atom. The first kappa shape index (κ1) is 15.7. The van der Waals surface area contributed by atoms with Crippen LogP contribution in [0.1, 0.15) is 57.6 Å². The monoisotopic (exact) mass is 262 g/mol. The first-order valence-electron chi connectivity index (χ1n) is 7.26. The summed E-state index contributed by atoms with van der Waals surface area (Å²) < 4.78 is 0. The SMILES string of the molecule is CCCCCCC(C)NC(=O)[C@@H](N)c1ccccc1. The highest BCUT2D eigenvalue weighted by molar-refractivity contribution is 5.83. The van der Waals surface area contributed by atoms with Crippen molar-refractivity contribution >= 4 is 5.91 Å². The number of hydrogen-bond donors (Lipinski definition) is 2. The number of nitrogens with one attached hydrogen (secondary N) is 1. The molecule has 0 aliphatic carbocycles. The van der Waals surface area contributed by atoms with Crippen molar-refractivity contribution in [2.24, 2.45) is 5.73 Å². The minimum atomic E-state index is -0.570. The third-order valence-corrected chi connectivity index (χ3v) is 3.32. The van der Waals surface area contributed by atoms with Crippen LogP contribution in [-0.4, -0.2) is 11.9 Å². The Balaban J connectivity index is 2.33. The molecule has 0 aromatic heterocycles. The summed E-state index contributed by atoms with van der Waals surface area (Å²) in [5.41, 5.74) is 6.81. The highest BCUT2D eigenvalue weighted by Crippen LogP contribution is 2.11. The molecule has 0 aliphatic heterocycles. The van der Waals surface area contributed by atoms with E-state index in [1.165, 1.54) is 19.3 Å². The Labute approximate surface area is 116 Å². The summed E-state index contributed by atoms with van der Waals surface area (Å²) >= 11 is 0. The van der Waals surface area contributed by atoms with Crippen molar-refractivity contribution in [3.05, 3.63) is 35.9 Å². The average Bonchev–Trinajstić information content (AvgIpc) is 2.43. The zero-order valence-corrected chi connectivity index (χ0v) is 12.1. The molecule has 3 heteroatoms. The quantitative estimate of drug-likeness (QED) is 0.707. The van der Waals surface area contributed by atoms with Gasteiger partial charge in [-0.1, -0.05) is 62.9 Å². The standard InChI is InChI=1S/C16H26N2O/c1-3-4-5-7-10-13(2)18-16(19)15(17)14-11-8-6-9-12-14/h6,8-9,11-13,15H,3-5,7,10,17H2,1-2H3,(H,18,19)/t13?,15-/m0/s1. The van der Waals surface area contributed by atoms with Crippen molar-refractivity contribution < 1.29 is 4.79 Å². The summed E-state index contributed by atoms with van der Waals surface area (Å²) in [4.78, 5) is 12.0. The van der Waals surface area contributed by atoms with Crippen LogP contribution in [0.4, 0.5) is 0 Å². The molecule has 0 saturated carbocycles. The summed E-state index contributed by atoms with van der Waals surface area (Å²) in [6, 6.07) is 9.11. The Morgan fingerprint density at radius 1 is 1.21 bits per heavy atom. The number of nitrogens with two attached hydrogens (primary N) is 1. The van der Waals surface area contributed by atoms with E-state index in [2.05, 4.69) is 12.2 Å². The van der Waals surface area contributed by atoms with Crippen LogP contribution < -0.4 is 11.1 Å². The minimum Gasteiger partial charge on any atom is -0.352 e. The molecule has 3 nitrogen and oxygen atoms in total. The van der Waals surface area contributed by atoms with Crippen molar-refractivity contribution in [3.63, 3.8) is 0 Å². The van der Waals surface area contributed by atoms with Gasteiger partial charge in [-0.2, -0.15) is 0 Å². The number of carbonyl (C=O) groups is 1. The minimum absolute atomic E-state index is 0.0887. The zero-order chi connectivity index (χ0) is 14.1. The first-order valence-corrected chi connectivity index (χ1v) is 7.26. The van der Waals surface area contributed by atoms with Gasteiger partial charge in [-0.05, 0) is 18.9 Å². The maximum absolute atomic E-state index is 12.0. The number of amides is 1. The van der Waals surface area contributed by atoms with E-state index in [0.29, 0.717) is 0 Å². The molecular formula is C16H26N2O. The van der Waals surface area contributed by atoms with Crippen LogP contribution in [0.2, 0.25) is 0 Å². The Bertz CT molecular complexity index is 364. The van der Waals surface area contributed by atoms with E-state index >= 15 is 0 Å². The summed E-state index contributed by atoms with van der Waals surface area (Å²) in [6.45, 7) is 4.24. The lowest BCUT2D eigenvalue weighted by Gasteiger charge is -2.17. The van der Waals surface area contributed by atoms with Crippen molar-refractivity contribution in [2.45, 2.75) is 58.0 Å². The largest absolute Gasteiger partial charge is 0.352 e. The topological polar surface area (TPSA) is 55.1 Å². The fourth-order valence-electron chi connectivity index (χ4n) is 2.09. The number of carbonyl (C=O) groups excluding carboxylic acids is 1. The van der Waals surface area contributed by atoms with E-state index < -0.39 is 6.04 Å². The second-order valence-electron chi connectivity index (χ2n) is 5.15. The van der Waals surface area contributed by atoms with E-state index in [0.717, 1.165) is 18.4 Å². The number of hydrogen-bond acceptors (Lipinski definition) is 2. The van der Waals surface area contributed by atoms with E-state index in [9.17, 15) is 4.79 Å². The fourth-order valence-corrected chi connectivity index (χ4v) is 2.09. The molecule has 0 aliphatic rings. The molecule has 19 heavy (non-hydrogen) atoms. The molecule has 0 spiro atoms. The number of rotatable bonds is 8. The van der Waals surface area contributed by atoms with Gasteiger partial charge < -0.3 is 11.1 Å². The lowest BCUT2D eigenvalue weighted by molar-refractivity contribution is -0.123. The molecule has 0 radical (unpaired) electrons. The second kappa shape index (κ2) is 8.70. The third-order valence-electron chi connectivity index (χ3n) is 3.32. The predicted octanol–water partition coefficient (Wildman–Crippen LogP) is 3.16. The molecule has 1 unspecified atom stereocenters. The normalized spacial score (nSPS) is 13.8. The van der Waals surface area contributed by atoms with Gasteiger partial charge >= 0.3 is 0 Å². The van der Waals surface area contributed by atoms with E-state index in [1.807, 2.05) is 37.3 Å². The smallest absolute Gasteiger partial charge is 0.241 e. The van der Waals surface area contributed by atoms with Crippen molar-refractivity contribution in [3.8, 4) is 0 Å². The molecule has 106 valence electrons. The summed E-state index contributed by atoms with van der Waals surface area (Å²) in [6.07, 6.45) is 5.92. The van der Waals surface area contributed by atoms with Gasteiger partial charge in [0, 0.05) is 6.04 Å². The molecule has 2 atom stereocenters. The predicted molar refractivity (Wildman–Crippen MR) is 79.7 cm³/mol. The van der Waals surface area contributed by atoms with Gasteiger partial charge in [0.25, 0.3) is 0 Å². The maximum atomic E-state index is 12.0. The molecule has 0 saturated heterocycles. The first-order chi connectivity index (χ1) is 9.15. The average molecular weight is 262 g/mol. The maximum Gasteiger partial charge on any atom is 0.241 e. The third kappa shape index (κ3) is 5.88. The molecule has 1 aromatic rings. The molecule has 3 N–H and O–H groups in total. The number of benzene rings is 1. The highest BCUT2D eigenvalue weighted by atomic mass is 16.2. The van der Waals surface area contributed by atoms with Crippen LogP contribution in [-0.2, 0) is 4.79 Å². The Morgan fingerprint density at radius 3 is 2.53 bits per heavy atom. The number of unbranched alkanes of at least 4 members (excludes halogenated alkanes) is 3. The molecule has 0 heterocycles. The van der Waals surface area contributed by atoms with E-state index in [4.69, 9.17) is 5.73 Å². The molecule has 0 bridgehead atoms. The van der Waals surface area contributed by atoms with Crippen LogP contribution in [0.15, 0.2) is 30.3 Å². The zero-order valence-electron chi connectivity index (χ0n) is 12.1. The van der Waals surface area contributed by atoms with Crippen molar-refractivity contribution in [1.82, 2.24) is 5.32 Å². The van der Waals surface area contributed by atoms with Crippen LogP contribution in [0.25, 0.3) is 0 Å². The summed E-state index contributed by atoms with van der Waals surface area (Å²) in [5, 5.41) is 2.99. The summed E-state index contributed by atoms with van der Waals surface area (Å²) in [5.74, 6) is -0.0887. The van der Waals surface area contributed by atoms with Gasteiger partial charge in [0.05, 0.1) is 0 Å². The molecule has 1 amide bonds. The highest BCUT2D eigenvalue weighted by Gasteiger charge is 2.16. The van der Waals surface area contributed by atoms with Gasteiger partial charge in [0.1, 0.15) is 6.04 Å². The molecular weight excluding hydrogens is 236 g/mol. The van der Waals surface area contributed by atoms with E-state index in [-0.39, 0.29) is 11.9 Å². The molecule has 0 fully saturated rings. The lowest BCUT2D eigenvalue weighted by atomic mass is 10.1. The Hall–Kier alpha value is -1.35. The van der Waals surface area contributed by atoms with Gasteiger partial charge in [-0.25, -0.2) is 0 Å². The Kier molecular flexibility index (Phi) is 7.19. The van der Waals surface area contributed by atoms with Gasteiger partial charge in [-0.3, -0.25) is 4.79 Å². The van der Waals surface area contributed by atoms with E-state index in [1.54, 1.807) is 0 Å². The van der Waals surface area contributed by atoms with Crippen molar-refractivity contribution in [2.75, 3.05) is 0 Å². The van der Waals surface area contributed by atoms with Crippen LogP contribution in [0.5, 0.6) is 0 Å². The van der Waals surface area contributed by atoms with Crippen LogP contribution >= 0.6 is 0 Å². The van der Waals surface area contributed by atoms with Gasteiger partial charge in [-0.15, -0.1) is 0 Å². The van der Waals surface area contributed by atoms with Crippen LogP contribution in [0.3, 0.4) is 0 Å². The molecule has 1 rings (SSSR count). The summed E-state index contributed by atoms with van der Waals surface area (Å²) in [7, 11) is 0. The van der Waals surface area contributed by atoms with Gasteiger partial charge in [0.2, 0.25) is 5.91 Å².